The quantitative estimate of drug-likeness (QED) is 0.937. The van der Waals surface area contributed by atoms with E-state index in [4.69, 9.17) is 0 Å². The fourth-order valence-corrected chi connectivity index (χ4v) is 2.94. The summed E-state index contributed by atoms with van der Waals surface area (Å²) in [6.45, 7) is 4.85. The van der Waals surface area contributed by atoms with Crippen molar-refractivity contribution in [3.05, 3.63) is 47.8 Å². The molecule has 0 radical (unpaired) electrons. The van der Waals surface area contributed by atoms with Crippen molar-refractivity contribution in [1.82, 2.24) is 20.0 Å². The van der Waals surface area contributed by atoms with Crippen LogP contribution in [0.1, 0.15) is 22.6 Å². The Kier molecular flexibility index (Phi) is 4.24. The van der Waals surface area contributed by atoms with E-state index < -0.39 is 0 Å². The maximum Gasteiger partial charge on any atom is 0.271 e. The van der Waals surface area contributed by atoms with Gasteiger partial charge in [-0.05, 0) is 51.1 Å². The van der Waals surface area contributed by atoms with Crippen LogP contribution in [0.3, 0.4) is 0 Å². The largest absolute Gasteiger partial charge is 0.350 e. The Labute approximate surface area is 130 Å². The van der Waals surface area contributed by atoms with Gasteiger partial charge in [0.2, 0.25) is 0 Å². The monoisotopic (exact) mass is 298 g/mol. The number of hydrogen-bond acceptors (Lipinski definition) is 3. The summed E-state index contributed by atoms with van der Waals surface area (Å²) in [5, 5.41) is 7.45. The van der Waals surface area contributed by atoms with Gasteiger partial charge in [-0.25, -0.2) is 4.68 Å². The van der Waals surface area contributed by atoms with E-state index in [2.05, 4.69) is 22.4 Å². The van der Waals surface area contributed by atoms with Crippen LogP contribution in [0.15, 0.2) is 36.4 Å². The van der Waals surface area contributed by atoms with E-state index in [0.717, 1.165) is 37.4 Å². The lowest BCUT2D eigenvalue weighted by atomic mass is 10.1. The predicted molar refractivity (Wildman–Crippen MR) is 86.2 cm³/mol. The summed E-state index contributed by atoms with van der Waals surface area (Å²) in [5.41, 5.74) is 2.40. The number of hydrogen-bond donors (Lipinski definition) is 1. The van der Waals surface area contributed by atoms with Crippen molar-refractivity contribution >= 4 is 5.91 Å². The zero-order valence-electron chi connectivity index (χ0n) is 13.1. The summed E-state index contributed by atoms with van der Waals surface area (Å²) in [6, 6.07) is 11.7. The van der Waals surface area contributed by atoms with E-state index in [1.807, 2.05) is 43.3 Å². The second kappa shape index (κ2) is 6.32. The van der Waals surface area contributed by atoms with Crippen LogP contribution in [0, 0.1) is 12.8 Å². The summed E-state index contributed by atoms with van der Waals surface area (Å²) < 4.78 is 1.80. The lowest BCUT2D eigenvalue weighted by Crippen LogP contribution is -2.30. The summed E-state index contributed by atoms with van der Waals surface area (Å²) in [7, 11) is 2.12. The average molecular weight is 298 g/mol. The minimum atomic E-state index is -0.0904. The number of para-hydroxylation sites is 1. The zero-order chi connectivity index (χ0) is 15.5. The third-order valence-electron chi connectivity index (χ3n) is 4.16. The van der Waals surface area contributed by atoms with Gasteiger partial charge in [0, 0.05) is 18.8 Å². The van der Waals surface area contributed by atoms with Crippen molar-refractivity contribution in [3.63, 3.8) is 0 Å². The van der Waals surface area contributed by atoms with Crippen LogP contribution in [0.2, 0.25) is 0 Å². The van der Waals surface area contributed by atoms with E-state index in [1.165, 1.54) is 0 Å². The molecule has 0 bridgehead atoms. The number of amides is 1. The third kappa shape index (κ3) is 3.20. The minimum absolute atomic E-state index is 0.0904. The molecule has 1 saturated heterocycles. The maximum atomic E-state index is 12.3. The molecule has 5 heteroatoms. The van der Waals surface area contributed by atoms with Crippen LogP contribution in [-0.2, 0) is 0 Å². The molecule has 1 fully saturated rings. The molecule has 1 amide bonds. The Balaban J connectivity index is 1.66. The number of aromatic nitrogens is 2. The molecule has 116 valence electrons. The molecule has 22 heavy (non-hydrogen) atoms. The highest BCUT2D eigenvalue weighted by Gasteiger charge is 2.21. The smallest absolute Gasteiger partial charge is 0.271 e. The molecule has 2 heterocycles. The highest BCUT2D eigenvalue weighted by molar-refractivity contribution is 5.92. The first-order valence-electron chi connectivity index (χ1n) is 7.72. The first kappa shape index (κ1) is 14.8. The van der Waals surface area contributed by atoms with E-state index in [0.29, 0.717) is 11.6 Å². The summed E-state index contributed by atoms with van der Waals surface area (Å²) >= 11 is 0. The lowest BCUT2D eigenvalue weighted by Gasteiger charge is -2.10. The van der Waals surface area contributed by atoms with Crippen molar-refractivity contribution in [2.75, 3.05) is 26.7 Å². The number of nitrogens with one attached hydrogen (secondary N) is 1. The molecular formula is C17H22N4O. The number of rotatable bonds is 4. The Bertz CT molecular complexity index is 650. The first-order valence-corrected chi connectivity index (χ1v) is 7.72. The molecule has 0 saturated carbocycles. The number of nitrogens with zero attached hydrogens (tertiary/aromatic N) is 3. The van der Waals surface area contributed by atoms with Crippen LogP contribution in [0.4, 0.5) is 0 Å². The Hall–Kier alpha value is -2.14. The van der Waals surface area contributed by atoms with Gasteiger partial charge in [0.1, 0.15) is 0 Å². The number of likely N-dealkylation sites (tertiary alicyclic amines) is 1. The van der Waals surface area contributed by atoms with E-state index in [9.17, 15) is 4.79 Å². The van der Waals surface area contributed by atoms with Crippen molar-refractivity contribution in [2.24, 2.45) is 5.92 Å². The molecule has 5 nitrogen and oxygen atoms in total. The van der Waals surface area contributed by atoms with Crippen LogP contribution in [-0.4, -0.2) is 47.3 Å². The lowest BCUT2D eigenvalue weighted by molar-refractivity contribution is 0.0942. The SMILES string of the molecule is Cc1cc(C(=O)NCC2CCN(C)C2)nn1-c1ccccc1. The standard InChI is InChI=1S/C17H22N4O/c1-13-10-16(19-21(13)15-6-4-3-5-7-15)17(22)18-11-14-8-9-20(2)12-14/h3-7,10,14H,8-9,11-12H2,1-2H3,(H,18,22). The molecule has 1 atom stereocenters. The zero-order valence-corrected chi connectivity index (χ0v) is 13.1. The number of benzene rings is 1. The molecule has 1 N–H and O–H groups in total. The number of aryl methyl sites for hydroxylation is 1. The fourth-order valence-electron chi connectivity index (χ4n) is 2.94. The van der Waals surface area contributed by atoms with Gasteiger partial charge >= 0.3 is 0 Å². The van der Waals surface area contributed by atoms with Gasteiger partial charge in [-0.3, -0.25) is 4.79 Å². The summed E-state index contributed by atoms with van der Waals surface area (Å²) in [5.74, 6) is 0.457. The predicted octanol–water partition coefficient (Wildman–Crippen LogP) is 1.86. The Morgan fingerprint density at radius 3 is 2.82 bits per heavy atom. The minimum Gasteiger partial charge on any atom is -0.350 e. The molecular weight excluding hydrogens is 276 g/mol. The second-order valence-electron chi connectivity index (χ2n) is 6.05. The topological polar surface area (TPSA) is 50.2 Å². The average Bonchev–Trinajstić information content (AvgIpc) is 3.12. The highest BCUT2D eigenvalue weighted by atomic mass is 16.1. The Morgan fingerprint density at radius 2 is 2.14 bits per heavy atom. The molecule has 1 aliphatic heterocycles. The van der Waals surface area contributed by atoms with Crippen molar-refractivity contribution in [3.8, 4) is 5.69 Å². The van der Waals surface area contributed by atoms with Gasteiger partial charge in [-0.2, -0.15) is 5.10 Å². The van der Waals surface area contributed by atoms with Gasteiger partial charge in [0.05, 0.1) is 5.69 Å². The molecule has 1 aliphatic rings. The third-order valence-corrected chi connectivity index (χ3v) is 4.16. The second-order valence-corrected chi connectivity index (χ2v) is 6.05. The van der Waals surface area contributed by atoms with Gasteiger partial charge in [-0.1, -0.05) is 18.2 Å². The van der Waals surface area contributed by atoms with E-state index in [1.54, 1.807) is 4.68 Å². The summed E-state index contributed by atoms with van der Waals surface area (Å²) in [6.07, 6.45) is 1.15. The summed E-state index contributed by atoms with van der Waals surface area (Å²) in [4.78, 5) is 14.6. The van der Waals surface area contributed by atoms with Crippen molar-refractivity contribution in [1.29, 1.82) is 0 Å². The number of carbonyl (C=O) groups excluding carboxylic acids is 1. The van der Waals surface area contributed by atoms with Crippen LogP contribution < -0.4 is 5.32 Å². The van der Waals surface area contributed by atoms with Crippen LogP contribution in [0.5, 0.6) is 0 Å². The molecule has 1 aromatic carbocycles. The molecule has 0 aliphatic carbocycles. The van der Waals surface area contributed by atoms with Gasteiger partial charge in [0.25, 0.3) is 5.91 Å². The molecule has 0 spiro atoms. The van der Waals surface area contributed by atoms with Crippen LogP contribution >= 0.6 is 0 Å². The van der Waals surface area contributed by atoms with E-state index >= 15 is 0 Å². The van der Waals surface area contributed by atoms with Gasteiger partial charge in [-0.15, -0.1) is 0 Å². The van der Waals surface area contributed by atoms with Crippen molar-refractivity contribution < 1.29 is 4.79 Å². The normalized spacial score (nSPS) is 18.5. The molecule has 1 aromatic heterocycles. The molecule has 3 rings (SSSR count). The highest BCUT2D eigenvalue weighted by Crippen LogP contribution is 2.14. The fraction of sp³-hybridized carbons (Fsp3) is 0.412. The first-order chi connectivity index (χ1) is 10.6. The van der Waals surface area contributed by atoms with Crippen LogP contribution in [0.25, 0.3) is 5.69 Å². The van der Waals surface area contributed by atoms with Gasteiger partial charge in [0.15, 0.2) is 5.69 Å². The Morgan fingerprint density at radius 1 is 1.36 bits per heavy atom. The van der Waals surface area contributed by atoms with Gasteiger partial charge < -0.3 is 10.2 Å². The maximum absolute atomic E-state index is 12.3. The van der Waals surface area contributed by atoms with Crippen molar-refractivity contribution in [2.45, 2.75) is 13.3 Å². The van der Waals surface area contributed by atoms with E-state index in [-0.39, 0.29) is 5.91 Å². The molecule has 2 aromatic rings. The number of carbonyl (C=O) groups is 1. The molecule has 1 unspecified atom stereocenters.